The van der Waals surface area contributed by atoms with Crippen molar-refractivity contribution in [1.29, 1.82) is 0 Å². The van der Waals surface area contributed by atoms with E-state index in [0.29, 0.717) is 5.69 Å². The molecule has 7 heteroatoms. The second kappa shape index (κ2) is 5.80. The quantitative estimate of drug-likeness (QED) is 0.493. The second-order valence-electron chi connectivity index (χ2n) is 3.40. The van der Waals surface area contributed by atoms with Gasteiger partial charge in [0.25, 0.3) is 5.69 Å². The van der Waals surface area contributed by atoms with Crippen LogP contribution >= 0.6 is 22.6 Å². The molecule has 1 aromatic rings. The summed E-state index contributed by atoms with van der Waals surface area (Å²) in [6.07, 6.45) is 0. The predicted molar refractivity (Wildman–Crippen MR) is 73.0 cm³/mol. The molecule has 0 aliphatic carbocycles. The molecule has 0 radical (unpaired) electrons. The third-order valence-corrected chi connectivity index (χ3v) is 2.84. The second-order valence-corrected chi connectivity index (χ2v) is 4.64. The van der Waals surface area contributed by atoms with E-state index in [1.54, 1.807) is 19.1 Å². The Kier molecular flexibility index (Phi) is 4.67. The maximum absolute atomic E-state index is 11.3. The molecule has 0 saturated carbocycles. The molecule has 1 aromatic carbocycles. The van der Waals surface area contributed by atoms with Crippen LogP contribution in [0.25, 0.3) is 0 Å². The van der Waals surface area contributed by atoms with E-state index < -0.39 is 11.0 Å². The highest BCUT2D eigenvalue weighted by Gasteiger charge is 2.18. The van der Waals surface area contributed by atoms with Crippen LogP contribution < -0.4 is 10.6 Å². The normalized spacial score (nSPS) is 11.7. The molecule has 0 bridgehead atoms. The molecule has 0 spiro atoms. The van der Waals surface area contributed by atoms with Gasteiger partial charge in [-0.1, -0.05) is 0 Å². The van der Waals surface area contributed by atoms with E-state index in [2.05, 4.69) is 10.6 Å². The molecule has 1 atom stereocenters. The molecular weight excluding hydrogens is 337 g/mol. The van der Waals surface area contributed by atoms with E-state index in [1.807, 2.05) is 22.6 Å². The molecule has 1 unspecified atom stereocenters. The summed E-state index contributed by atoms with van der Waals surface area (Å²) in [5.41, 5.74) is 0.305. The van der Waals surface area contributed by atoms with E-state index in [0.717, 1.165) is 3.57 Å². The van der Waals surface area contributed by atoms with Crippen molar-refractivity contribution in [2.45, 2.75) is 13.0 Å². The number of rotatable bonds is 4. The fourth-order valence-corrected chi connectivity index (χ4v) is 1.77. The van der Waals surface area contributed by atoms with Crippen LogP contribution in [0.5, 0.6) is 0 Å². The fraction of sp³-hybridized carbons (Fsp3) is 0.300. The summed E-state index contributed by atoms with van der Waals surface area (Å²) in [6, 6.07) is 4.27. The molecule has 2 N–H and O–H groups in total. The first-order chi connectivity index (χ1) is 7.95. The fourth-order valence-electron chi connectivity index (χ4n) is 1.29. The standard InChI is InChI=1S/C10H12IN3O3/c1-6(10(15)12-2)13-8-4-3-7(11)5-9(8)14(16)17/h3-6,13H,1-2H3,(H,12,15). The SMILES string of the molecule is CNC(=O)C(C)Nc1ccc(I)cc1[N+](=O)[O-]. The minimum absolute atomic E-state index is 0.0346. The molecule has 0 aliphatic rings. The number of carbonyl (C=O) groups is 1. The number of nitro benzene ring substituents is 1. The van der Waals surface area contributed by atoms with E-state index >= 15 is 0 Å². The first-order valence-electron chi connectivity index (χ1n) is 4.87. The molecule has 92 valence electrons. The topological polar surface area (TPSA) is 84.3 Å². The summed E-state index contributed by atoms with van der Waals surface area (Å²) in [4.78, 5) is 21.7. The van der Waals surface area contributed by atoms with E-state index in [9.17, 15) is 14.9 Å². The lowest BCUT2D eigenvalue weighted by molar-refractivity contribution is -0.384. The van der Waals surface area contributed by atoms with Crippen LogP contribution in [0.2, 0.25) is 0 Å². The van der Waals surface area contributed by atoms with Gasteiger partial charge >= 0.3 is 0 Å². The molecule has 1 rings (SSSR count). The van der Waals surface area contributed by atoms with Crippen molar-refractivity contribution in [2.75, 3.05) is 12.4 Å². The van der Waals surface area contributed by atoms with Crippen LogP contribution in [0.15, 0.2) is 18.2 Å². The van der Waals surface area contributed by atoms with Crippen LogP contribution in [0, 0.1) is 13.7 Å². The van der Waals surface area contributed by atoms with Crippen molar-refractivity contribution < 1.29 is 9.72 Å². The molecule has 17 heavy (non-hydrogen) atoms. The summed E-state index contributed by atoms with van der Waals surface area (Å²) in [6.45, 7) is 1.64. The average Bonchev–Trinajstić information content (AvgIpc) is 2.29. The van der Waals surface area contributed by atoms with Gasteiger partial charge in [-0.05, 0) is 41.6 Å². The lowest BCUT2D eigenvalue weighted by atomic mass is 10.2. The number of anilines is 1. The van der Waals surface area contributed by atoms with Crippen molar-refractivity contribution in [3.05, 3.63) is 31.9 Å². The van der Waals surface area contributed by atoms with Gasteiger partial charge in [0, 0.05) is 16.7 Å². The molecule has 0 saturated heterocycles. The lowest BCUT2D eigenvalue weighted by Gasteiger charge is -2.13. The first-order valence-corrected chi connectivity index (χ1v) is 5.95. The number of nitro groups is 1. The van der Waals surface area contributed by atoms with Gasteiger partial charge in [-0.2, -0.15) is 0 Å². The number of nitrogens with zero attached hydrogens (tertiary/aromatic N) is 1. The lowest BCUT2D eigenvalue weighted by Crippen LogP contribution is -2.35. The van der Waals surface area contributed by atoms with Crippen LogP contribution in [0.1, 0.15) is 6.92 Å². The largest absolute Gasteiger partial charge is 0.368 e. The predicted octanol–water partition coefficient (Wildman–Crippen LogP) is 1.75. The summed E-state index contributed by atoms with van der Waals surface area (Å²) in [5, 5.41) is 16.1. The number of likely N-dealkylation sites (N-methyl/N-ethyl adjacent to an activating group) is 1. The van der Waals surface area contributed by atoms with Gasteiger partial charge in [0.2, 0.25) is 5.91 Å². The Morgan fingerprint density at radius 1 is 1.53 bits per heavy atom. The third-order valence-electron chi connectivity index (χ3n) is 2.17. The Bertz CT molecular complexity index is 450. The summed E-state index contributed by atoms with van der Waals surface area (Å²) in [5.74, 6) is -0.224. The first kappa shape index (κ1) is 13.7. The van der Waals surface area contributed by atoms with Crippen molar-refractivity contribution in [2.24, 2.45) is 0 Å². The Hall–Kier alpha value is -1.38. The van der Waals surface area contributed by atoms with Gasteiger partial charge in [-0.3, -0.25) is 14.9 Å². The maximum atomic E-state index is 11.3. The summed E-state index contributed by atoms with van der Waals surface area (Å²) in [7, 11) is 1.52. The number of carbonyl (C=O) groups excluding carboxylic acids is 1. The number of nitrogens with one attached hydrogen (secondary N) is 2. The van der Waals surface area contributed by atoms with E-state index in [1.165, 1.54) is 13.1 Å². The highest BCUT2D eigenvalue weighted by Crippen LogP contribution is 2.26. The number of hydrogen-bond acceptors (Lipinski definition) is 4. The highest BCUT2D eigenvalue weighted by molar-refractivity contribution is 14.1. The third kappa shape index (κ3) is 3.55. The monoisotopic (exact) mass is 349 g/mol. The molecule has 6 nitrogen and oxygen atoms in total. The molecular formula is C10H12IN3O3. The van der Waals surface area contributed by atoms with Crippen LogP contribution in [-0.4, -0.2) is 23.9 Å². The van der Waals surface area contributed by atoms with Crippen LogP contribution in [0.3, 0.4) is 0 Å². The molecule has 0 aromatic heterocycles. The average molecular weight is 349 g/mol. The zero-order valence-corrected chi connectivity index (χ0v) is 11.5. The van der Waals surface area contributed by atoms with Crippen LogP contribution in [-0.2, 0) is 4.79 Å². The zero-order chi connectivity index (χ0) is 13.0. The van der Waals surface area contributed by atoms with Crippen molar-refractivity contribution in [3.8, 4) is 0 Å². The minimum atomic E-state index is -0.529. The van der Waals surface area contributed by atoms with Gasteiger partial charge in [0.15, 0.2) is 0 Å². The van der Waals surface area contributed by atoms with Crippen molar-refractivity contribution in [3.63, 3.8) is 0 Å². The number of halogens is 1. The van der Waals surface area contributed by atoms with Crippen molar-refractivity contribution in [1.82, 2.24) is 5.32 Å². The van der Waals surface area contributed by atoms with Gasteiger partial charge in [0.05, 0.1) is 4.92 Å². The molecule has 1 amide bonds. The smallest absolute Gasteiger partial charge is 0.293 e. The van der Waals surface area contributed by atoms with E-state index in [4.69, 9.17) is 0 Å². The van der Waals surface area contributed by atoms with Gasteiger partial charge in [-0.15, -0.1) is 0 Å². The highest BCUT2D eigenvalue weighted by atomic mass is 127. The molecule has 0 aliphatic heterocycles. The van der Waals surface area contributed by atoms with Crippen LogP contribution in [0.4, 0.5) is 11.4 Å². The maximum Gasteiger partial charge on any atom is 0.293 e. The van der Waals surface area contributed by atoms with Gasteiger partial charge < -0.3 is 10.6 Å². The zero-order valence-electron chi connectivity index (χ0n) is 9.36. The van der Waals surface area contributed by atoms with E-state index in [-0.39, 0.29) is 11.6 Å². The van der Waals surface area contributed by atoms with Crippen molar-refractivity contribution >= 4 is 39.9 Å². The molecule has 0 heterocycles. The number of benzene rings is 1. The Morgan fingerprint density at radius 2 is 2.18 bits per heavy atom. The Balaban J connectivity index is 2.98. The van der Waals surface area contributed by atoms with Gasteiger partial charge in [0.1, 0.15) is 11.7 Å². The number of amides is 1. The molecule has 0 fully saturated rings. The number of hydrogen-bond donors (Lipinski definition) is 2. The van der Waals surface area contributed by atoms with Gasteiger partial charge in [-0.25, -0.2) is 0 Å². The Morgan fingerprint density at radius 3 is 2.71 bits per heavy atom. The Labute approximate surface area is 112 Å². The summed E-state index contributed by atoms with van der Waals surface area (Å²) < 4.78 is 0.771. The minimum Gasteiger partial charge on any atom is -0.368 e. The summed E-state index contributed by atoms with van der Waals surface area (Å²) >= 11 is 2.00.